The number of pyridine rings is 2. The molecule has 168 valence electrons. The van der Waals surface area contributed by atoms with Crippen LogP contribution in [0.15, 0.2) is 96.2 Å². The van der Waals surface area contributed by atoms with Gasteiger partial charge in [0.05, 0.1) is 37.7 Å². The number of nitrogens with one attached hydrogen (secondary N) is 1. The highest BCUT2D eigenvalue weighted by Gasteiger charge is 2.15. The van der Waals surface area contributed by atoms with Gasteiger partial charge in [-0.1, -0.05) is 48.5 Å². The average Bonchev–Trinajstić information content (AvgIpc) is 2.87. The van der Waals surface area contributed by atoms with E-state index in [1.54, 1.807) is 18.3 Å². The lowest BCUT2D eigenvalue weighted by molar-refractivity contribution is 0.682. The van der Waals surface area contributed by atoms with Gasteiger partial charge in [-0.3, -0.25) is 15.1 Å². The van der Waals surface area contributed by atoms with E-state index in [2.05, 4.69) is 39.4 Å². The Labute approximate surface area is 197 Å². The maximum Gasteiger partial charge on any atom is 0.180 e. The lowest BCUT2D eigenvalue weighted by Gasteiger charge is -2.14. The summed E-state index contributed by atoms with van der Waals surface area (Å²) < 4.78 is 12.0. The minimum atomic E-state index is -2.84. The third-order valence-corrected chi connectivity index (χ3v) is 6.38. The Bertz CT molecular complexity index is 1550. The van der Waals surface area contributed by atoms with Crippen molar-refractivity contribution in [2.24, 2.45) is 5.14 Å². The number of hydrogen-bond acceptors (Lipinski definition) is 6. The zero-order valence-corrected chi connectivity index (χ0v) is 19.1. The topological polar surface area (TPSA) is 107 Å². The van der Waals surface area contributed by atoms with Crippen LogP contribution in [0.1, 0.15) is 5.69 Å². The highest BCUT2D eigenvalue weighted by atomic mass is 32.2. The van der Waals surface area contributed by atoms with Gasteiger partial charge >= 0.3 is 0 Å². The molecule has 0 spiro atoms. The van der Waals surface area contributed by atoms with E-state index >= 15 is 0 Å². The summed E-state index contributed by atoms with van der Waals surface area (Å²) in [6.45, 7) is 0.499. The molecule has 34 heavy (non-hydrogen) atoms. The Kier molecular flexibility index (Phi) is 5.75. The third kappa shape index (κ3) is 4.50. The molecule has 1 atom stereocenters. The van der Waals surface area contributed by atoms with Crippen molar-refractivity contribution in [2.45, 2.75) is 11.4 Å². The molecule has 3 aromatic heterocycles. The fourth-order valence-corrected chi connectivity index (χ4v) is 4.21. The number of aromatic nitrogens is 4. The standard InChI is InChI=1S/C26H22N6OS/c1-34(27,33)20-13-14-23(29-17-20)25-31-22-12-7-11-21(18-8-3-2-4-9-18)24(22)26(32-25)30-16-19-10-5-6-15-28-19/h2-15,17H,1,16H2,(H2,27,33)(H,30,31,32). The lowest BCUT2D eigenvalue weighted by Crippen LogP contribution is -2.12. The zero-order valence-electron chi connectivity index (χ0n) is 18.3. The predicted molar refractivity (Wildman–Crippen MR) is 137 cm³/mol. The van der Waals surface area contributed by atoms with Crippen molar-refractivity contribution in [1.29, 1.82) is 0 Å². The quantitative estimate of drug-likeness (QED) is 0.361. The van der Waals surface area contributed by atoms with Gasteiger partial charge in [-0.25, -0.2) is 14.2 Å². The Hall–Kier alpha value is -4.14. The number of benzene rings is 2. The molecule has 0 bridgehead atoms. The summed E-state index contributed by atoms with van der Waals surface area (Å²) in [5.74, 6) is 4.63. The molecular weight excluding hydrogens is 444 g/mol. The molecule has 3 heterocycles. The van der Waals surface area contributed by atoms with Crippen molar-refractivity contribution in [3.05, 3.63) is 97.0 Å². The monoisotopic (exact) mass is 466 g/mol. The van der Waals surface area contributed by atoms with E-state index < -0.39 is 9.71 Å². The van der Waals surface area contributed by atoms with E-state index in [4.69, 9.17) is 15.1 Å². The molecule has 5 aromatic rings. The van der Waals surface area contributed by atoms with Crippen LogP contribution in [0.5, 0.6) is 0 Å². The minimum Gasteiger partial charge on any atom is -0.364 e. The molecule has 0 saturated carbocycles. The van der Waals surface area contributed by atoms with Gasteiger partial charge in [-0.05, 0) is 47.3 Å². The first-order valence-electron chi connectivity index (χ1n) is 10.6. The van der Waals surface area contributed by atoms with Gasteiger partial charge in [0.1, 0.15) is 11.5 Å². The van der Waals surface area contributed by atoms with Gasteiger partial charge in [0.2, 0.25) is 0 Å². The van der Waals surface area contributed by atoms with Gasteiger partial charge in [-0.2, -0.15) is 0 Å². The number of nitrogens with two attached hydrogens (primary N) is 1. The molecule has 0 radical (unpaired) electrons. The minimum absolute atomic E-state index is 0.372. The second kappa shape index (κ2) is 9.01. The Morgan fingerprint density at radius 3 is 2.41 bits per heavy atom. The van der Waals surface area contributed by atoms with Crippen molar-refractivity contribution < 1.29 is 4.21 Å². The summed E-state index contributed by atoms with van der Waals surface area (Å²) in [5.41, 5.74) is 4.31. The van der Waals surface area contributed by atoms with E-state index in [1.807, 2.05) is 48.5 Å². The van der Waals surface area contributed by atoms with Gasteiger partial charge < -0.3 is 5.32 Å². The summed E-state index contributed by atoms with van der Waals surface area (Å²) in [4.78, 5) is 18.8. The summed E-state index contributed by atoms with van der Waals surface area (Å²) in [7, 11) is -2.84. The molecule has 0 amide bonds. The van der Waals surface area contributed by atoms with Crippen LogP contribution in [-0.4, -0.2) is 30.0 Å². The van der Waals surface area contributed by atoms with Crippen molar-refractivity contribution in [1.82, 2.24) is 19.9 Å². The van der Waals surface area contributed by atoms with Crippen molar-refractivity contribution in [2.75, 3.05) is 5.32 Å². The molecule has 0 aliphatic rings. The van der Waals surface area contributed by atoms with Gasteiger partial charge in [-0.15, -0.1) is 0 Å². The van der Waals surface area contributed by atoms with Gasteiger partial charge in [0.15, 0.2) is 5.82 Å². The van der Waals surface area contributed by atoms with Crippen LogP contribution in [0, 0.1) is 0 Å². The predicted octanol–water partition coefficient (Wildman–Crippen LogP) is 4.31. The fraction of sp³-hybridized carbons (Fsp3) is 0.0385. The van der Waals surface area contributed by atoms with E-state index in [0.717, 1.165) is 27.7 Å². The van der Waals surface area contributed by atoms with Crippen LogP contribution >= 0.6 is 0 Å². The third-order valence-electron chi connectivity index (χ3n) is 5.34. The molecule has 0 aliphatic heterocycles. The van der Waals surface area contributed by atoms with Crippen LogP contribution in [0.25, 0.3) is 33.5 Å². The Morgan fingerprint density at radius 2 is 1.71 bits per heavy atom. The molecular formula is C26H22N6OS. The second-order valence-corrected chi connectivity index (χ2v) is 9.67. The summed E-state index contributed by atoms with van der Waals surface area (Å²) in [5, 5.41) is 9.99. The first-order valence-corrected chi connectivity index (χ1v) is 12.4. The maximum absolute atomic E-state index is 12.0. The largest absolute Gasteiger partial charge is 0.364 e. The second-order valence-electron chi connectivity index (χ2n) is 7.74. The number of rotatable bonds is 6. The van der Waals surface area contributed by atoms with Crippen molar-refractivity contribution in [3.8, 4) is 22.6 Å². The van der Waals surface area contributed by atoms with Crippen molar-refractivity contribution in [3.63, 3.8) is 0 Å². The highest BCUT2D eigenvalue weighted by Crippen LogP contribution is 2.34. The van der Waals surface area contributed by atoms with Crippen LogP contribution in [-0.2, 0) is 16.3 Å². The van der Waals surface area contributed by atoms with Crippen LogP contribution in [0.3, 0.4) is 0 Å². The van der Waals surface area contributed by atoms with E-state index in [1.165, 1.54) is 6.20 Å². The van der Waals surface area contributed by atoms with Crippen molar-refractivity contribution >= 4 is 32.3 Å². The van der Waals surface area contributed by atoms with Crippen LogP contribution in [0.2, 0.25) is 0 Å². The Morgan fingerprint density at radius 1 is 0.882 bits per heavy atom. The number of fused-ring (bicyclic) bond motifs is 1. The molecule has 3 N–H and O–H groups in total. The highest BCUT2D eigenvalue weighted by molar-refractivity contribution is 7.98. The smallest absolute Gasteiger partial charge is 0.180 e. The normalized spacial score (nSPS) is 12.9. The molecule has 8 heteroatoms. The van der Waals surface area contributed by atoms with Crippen LogP contribution < -0.4 is 10.5 Å². The summed E-state index contributed by atoms with van der Waals surface area (Å²) in [6, 6.07) is 25.3. The molecule has 5 rings (SSSR count). The van der Waals surface area contributed by atoms with Gasteiger partial charge in [0.25, 0.3) is 0 Å². The van der Waals surface area contributed by atoms with E-state index in [0.29, 0.717) is 28.8 Å². The maximum atomic E-state index is 12.0. The van der Waals surface area contributed by atoms with Crippen LogP contribution in [0.4, 0.5) is 5.82 Å². The molecule has 0 fully saturated rings. The average molecular weight is 467 g/mol. The number of hydrogen-bond donors (Lipinski definition) is 2. The number of anilines is 1. The Balaban J connectivity index is 1.65. The first-order chi connectivity index (χ1) is 16.5. The molecule has 1 unspecified atom stereocenters. The lowest BCUT2D eigenvalue weighted by atomic mass is 10.0. The fourth-order valence-electron chi connectivity index (χ4n) is 3.68. The summed E-state index contributed by atoms with van der Waals surface area (Å²) >= 11 is 0. The van der Waals surface area contributed by atoms with E-state index in [-0.39, 0.29) is 0 Å². The molecule has 0 saturated heterocycles. The van der Waals surface area contributed by atoms with E-state index in [9.17, 15) is 4.21 Å². The molecule has 7 nitrogen and oxygen atoms in total. The number of nitrogens with zero attached hydrogens (tertiary/aromatic N) is 4. The molecule has 0 aliphatic carbocycles. The zero-order chi connectivity index (χ0) is 23.5. The first kappa shape index (κ1) is 21.7. The SMILES string of the molecule is C=S(N)(=O)c1ccc(-c2nc(NCc3ccccn3)c3c(-c4ccccc4)cccc3n2)nc1. The summed E-state index contributed by atoms with van der Waals surface area (Å²) in [6.07, 6.45) is 3.22. The van der Waals surface area contributed by atoms with Gasteiger partial charge in [0, 0.05) is 12.4 Å². The molecule has 2 aromatic carbocycles.